The summed E-state index contributed by atoms with van der Waals surface area (Å²) in [6, 6.07) is 3.18. The van der Waals surface area contributed by atoms with Gasteiger partial charge in [0.15, 0.2) is 0 Å². The first-order chi connectivity index (χ1) is 12.4. The highest BCUT2D eigenvalue weighted by Crippen LogP contribution is 2.31. The van der Waals surface area contributed by atoms with E-state index in [1.807, 2.05) is 20.8 Å². The molecule has 2 unspecified atom stereocenters. The molecule has 0 aliphatic carbocycles. The van der Waals surface area contributed by atoms with Crippen LogP contribution in [0.15, 0.2) is 12.1 Å². The summed E-state index contributed by atoms with van der Waals surface area (Å²) in [6.07, 6.45) is -5.01. The number of pyridine rings is 1. The molecule has 1 rings (SSSR count). The van der Waals surface area contributed by atoms with Crippen molar-refractivity contribution in [3.05, 3.63) is 23.4 Å². The summed E-state index contributed by atoms with van der Waals surface area (Å²) in [4.78, 5) is 14.4. The van der Waals surface area contributed by atoms with Gasteiger partial charge in [0, 0.05) is 6.04 Å². The summed E-state index contributed by atoms with van der Waals surface area (Å²) in [5.74, 6) is -0.363. The second kappa shape index (κ2) is 8.93. The lowest BCUT2D eigenvalue weighted by Gasteiger charge is -2.31. The lowest BCUT2D eigenvalue weighted by atomic mass is 9.83. The Kier molecular flexibility index (Phi) is 7.46. The molecule has 0 spiro atoms. The highest BCUT2D eigenvalue weighted by Gasteiger charge is 2.34. The monoisotopic (exact) mass is 387 g/mol. The summed E-state index contributed by atoms with van der Waals surface area (Å²) in [5, 5.41) is 20.5. The van der Waals surface area contributed by atoms with Crippen LogP contribution in [0.1, 0.15) is 58.2 Å². The SMILES string of the molecule is CCC(CCC(NC(=O)O)C(C)(C)C)Oc1nc(C(F)(F)F)ccc1C#N. The van der Waals surface area contributed by atoms with E-state index in [1.54, 1.807) is 13.0 Å². The number of nitrogens with zero attached hydrogens (tertiary/aromatic N) is 2. The standard InChI is InChI=1S/C18H24F3N3O3/c1-5-12(7-9-13(17(2,3)4)24-16(25)26)27-15-11(10-22)6-8-14(23-15)18(19,20)21/h6,8,12-13,24H,5,7,9H2,1-4H3,(H,25,26). The number of nitriles is 1. The predicted molar refractivity (Wildman–Crippen MR) is 92.3 cm³/mol. The number of carbonyl (C=O) groups is 1. The van der Waals surface area contributed by atoms with Gasteiger partial charge in [-0.15, -0.1) is 0 Å². The van der Waals surface area contributed by atoms with Crippen molar-refractivity contribution >= 4 is 6.09 Å². The maximum atomic E-state index is 12.9. The molecule has 27 heavy (non-hydrogen) atoms. The maximum absolute atomic E-state index is 12.9. The molecule has 1 aromatic rings. The van der Waals surface area contributed by atoms with Gasteiger partial charge in [0.1, 0.15) is 23.4 Å². The average molecular weight is 387 g/mol. The Morgan fingerprint density at radius 1 is 1.33 bits per heavy atom. The smallest absolute Gasteiger partial charge is 0.433 e. The number of nitrogens with one attached hydrogen (secondary N) is 1. The van der Waals surface area contributed by atoms with E-state index in [0.29, 0.717) is 19.3 Å². The van der Waals surface area contributed by atoms with Crippen LogP contribution in [0.4, 0.5) is 18.0 Å². The van der Waals surface area contributed by atoms with Crippen LogP contribution in [-0.4, -0.2) is 28.3 Å². The van der Waals surface area contributed by atoms with Crippen molar-refractivity contribution in [3.8, 4) is 11.9 Å². The maximum Gasteiger partial charge on any atom is 0.433 e. The molecule has 0 fully saturated rings. The number of amides is 1. The van der Waals surface area contributed by atoms with Crippen molar-refractivity contribution in [2.24, 2.45) is 5.41 Å². The van der Waals surface area contributed by atoms with Crippen molar-refractivity contribution in [3.63, 3.8) is 0 Å². The molecular weight excluding hydrogens is 363 g/mol. The van der Waals surface area contributed by atoms with Crippen LogP contribution in [0, 0.1) is 16.7 Å². The predicted octanol–water partition coefficient (Wildman–Crippen LogP) is 4.59. The van der Waals surface area contributed by atoms with Crippen LogP contribution in [-0.2, 0) is 6.18 Å². The number of hydrogen-bond donors (Lipinski definition) is 2. The minimum Gasteiger partial charge on any atom is -0.473 e. The zero-order chi connectivity index (χ0) is 20.8. The number of hydrogen-bond acceptors (Lipinski definition) is 4. The zero-order valence-electron chi connectivity index (χ0n) is 15.7. The van der Waals surface area contributed by atoms with Crippen LogP contribution in [0.2, 0.25) is 0 Å². The molecule has 0 aliphatic rings. The van der Waals surface area contributed by atoms with Gasteiger partial charge in [0.05, 0.1) is 0 Å². The number of aromatic nitrogens is 1. The van der Waals surface area contributed by atoms with Crippen molar-refractivity contribution in [1.82, 2.24) is 10.3 Å². The molecule has 0 radical (unpaired) electrons. The van der Waals surface area contributed by atoms with Gasteiger partial charge >= 0.3 is 12.3 Å². The van der Waals surface area contributed by atoms with Gasteiger partial charge in [-0.05, 0) is 36.8 Å². The fourth-order valence-electron chi connectivity index (χ4n) is 2.50. The third-order valence-corrected chi connectivity index (χ3v) is 4.13. The summed E-state index contributed by atoms with van der Waals surface area (Å²) in [6.45, 7) is 7.45. The molecule has 0 aliphatic heterocycles. The number of carboxylic acid groups (broad SMARTS) is 1. The summed E-state index contributed by atoms with van der Waals surface area (Å²) >= 11 is 0. The van der Waals surface area contributed by atoms with E-state index < -0.39 is 24.1 Å². The zero-order valence-corrected chi connectivity index (χ0v) is 15.7. The first-order valence-electron chi connectivity index (χ1n) is 8.53. The van der Waals surface area contributed by atoms with Crippen LogP contribution < -0.4 is 10.1 Å². The van der Waals surface area contributed by atoms with E-state index in [4.69, 9.17) is 15.1 Å². The molecular formula is C18H24F3N3O3. The highest BCUT2D eigenvalue weighted by atomic mass is 19.4. The van der Waals surface area contributed by atoms with E-state index in [2.05, 4.69) is 10.3 Å². The van der Waals surface area contributed by atoms with Crippen LogP contribution >= 0.6 is 0 Å². The summed E-state index contributed by atoms with van der Waals surface area (Å²) in [7, 11) is 0. The van der Waals surface area contributed by atoms with Gasteiger partial charge in [-0.25, -0.2) is 9.78 Å². The van der Waals surface area contributed by atoms with Crippen molar-refractivity contribution in [2.45, 2.75) is 65.3 Å². The molecule has 0 saturated heterocycles. The van der Waals surface area contributed by atoms with Gasteiger partial charge in [0.25, 0.3) is 0 Å². The van der Waals surface area contributed by atoms with E-state index >= 15 is 0 Å². The van der Waals surface area contributed by atoms with Crippen LogP contribution in [0.5, 0.6) is 5.88 Å². The first kappa shape index (κ1) is 22.5. The molecule has 2 N–H and O–H groups in total. The number of ether oxygens (including phenoxy) is 1. The Labute approximate surface area is 156 Å². The fourth-order valence-corrected chi connectivity index (χ4v) is 2.50. The minimum absolute atomic E-state index is 0.0857. The topological polar surface area (TPSA) is 95.2 Å². The Balaban J connectivity index is 2.95. The Bertz CT molecular complexity index is 694. The molecule has 1 heterocycles. The molecule has 6 nitrogen and oxygen atoms in total. The fraction of sp³-hybridized carbons (Fsp3) is 0.611. The van der Waals surface area contributed by atoms with Gasteiger partial charge in [0.2, 0.25) is 5.88 Å². The lowest BCUT2D eigenvalue weighted by molar-refractivity contribution is -0.141. The first-order valence-corrected chi connectivity index (χ1v) is 8.53. The summed E-state index contributed by atoms with van der Waals surface area (Å²) < 4.78 is 44.2. The quantitative estimate of drug-likeness (QED) is 0.713. The van der Waals surface area contributed by atoms with Crippen LogP contribution in [0.3, 0.4) is 0 Å². The number of rotatable bonds is 7. The molecule has 0 aromatic carbocycles. The van der Waals surface area contributed by atoms with E-state index in [0.717, 1.165) is 12.1 Å². The van der Waals surface area contributed by atoms with Gasteiger partial charge in [-0.2, -0.15) is 18.4 Å². The van der Waals surface area contributed by atoms with E-state index in [1.165, 1.54) is 0 Å². The molecule has 0 bridgehead atoms. The molecule has 1 amide bonds. The Hall–Kier alpha value is -2.50. The second-order valence-corrected chi connectivity index (χ2v) is 7.25. The van der Waals surface area contributed by atoms with Crippen molar-refractivity contribution in [1.29, 1.82) is 5.26 Å². The molecule has 0 saturated carbocycles. The second-order valence-electron chi connectivity index (χ2n) is 7.25. The van der Waals surface area contributed by atoms with Gasteiger partial charge < -0.3 is 15.2 Å². The van der Waals surface area contributed by atoms with Gasteiger partial charge in [-0.3, -0.25) is 0 Å². The average Bonchev–Trinajstić information content (AvgIpc) is 2.54. The largest absolute Gasteiger partial charge is 0.473 e. The number of alkyl halides is 3. The van der Waals surface area contributed by atoms with E-state index in [9.17, 15) is 18.0 Å². The number of halogens is 3. The molecule has 9 heteroatoms. The molecule has 2 atom stereocenters. The normalized spacial score (nSPS) is 14.1. The minimum atomic E-state index is -4.64. The van der Waals surface area contributed by atoms with Gasteiger partial charge in [-0.1, -0.05) is 27.7 Å². The molecule has 150 valence electrons. The molecule has 1 aromatic heterocycles. The lowest BCUT2D eigenvalue weighted by Crippen LogP contribution is -2.43. The highest BCUT2D eigenvalue weighted by molar-refractivity contribution is 5.64. The van der Waals surface area contributed by atoms with Crippen LogP contribution in [0.25, 0.3) is 0 Å². The third kappa shape index (κ3) is 6.96. The Morgan fingerprint density at radius 2 is 1.96 bits per heavy atom. The third-order valence-electron chi connectivity index (χ3n) is 4.13. The summed E-state index contributed by atoms with van der Waals surface area (Å²) in [5.41, 5.74) is -1.56. The van der Waals surface area contributed by atoms with Crippen molar-refractivity contribution in [2.75, 3.05) is 0 Å². The van der Waals surface area contributed by atoms with E-state index in [-0.39, 0.29) is 22.9 Å². The Morgan fingerprint density at radius 3 is 2.41 bits per heavy atom. The van der Waals surface area contributed by atoms with Crippen molar-refractivity contribution < 1.29 is 27.8 Å².